The summed E-state index contributed by atoms with van der Waals surface area (Å²) in [4.78, 5) is 0. The maximum atomic E-state index is 5.70. The van der Waals surface area contributed by atoms with Gasteiger partial charge in [-0.25, -0.2) is 4.68 Å². The number of nitrogens with two attached hydrogens (primary N) is 1. The summed E-state index contributed by atoms with van der Waals surface area (Å²) in [5.74, 6) is 0. The highest BCUT2D eigenvalue weighted by atomic mass is 79.9. The highest BCUT2D eigenvalue weighted by molar-refractivity contribution is 9.10. The van der Waals surface area contributed by atoms with Crippen molar-refractivity contribution in [2.45, 2.75) is 13.5 Å². The topological polar surface area (TPSA) is 43.8 Å². The van der Waals surface area contributed by atoms with Crippen LogP contribution in [0.2, 0.25) is 0 Å². The Hall–Kier alpha value is -1.13. The fourth-order valence-corrected chi connectivity index (χ4v) is 1.89. The van der Waals surface area contributed by atoms with E-state index in [0.717, 1.165) is 21.3 Å². The number of hydrogen-bond donors (Lipinski definition) is 1. The predicted octanol–water partition coefficient (Wildman–Crippen LogP) is 2.40. The molecule has 0 radical (unpaired) electrons. The maximum absolute atomic E-state index is 5.70. The fraction of sp³-hybridized carbons (Fsp3) is 0.182. The quantitative estimate of drug-likeness (QED) is 0.907. The zero-order valence-corrected chi connectivity index (χ0v) is 10.0. The van der Waals surface area contributed by atoms with Gasteiger partial charge in [-0.05, 0) is 36.2 Å². The van der Waals surface area contributed by atoms with Crippen LogP contribution in [0.25, 0.3) is 5.69 Å². The van der Waals surface area contributed by atoms with E-state index in [9.17, 15) is 0 Å². The van der Waals surface area contributed by atoms with Crippen LogP contribution < -0.4 is 5.73 Å². The number of rotatable bonds is 2. The van der Waals surface area contributed by atoms with Gasteiger partial charge in [-0.15, -0.1) is 0 Å². The number of hydrogen-bond acceptors (Lipinski definition) is 2. The Morgan fingerprint density at radius 3 is 2.87 bits per heavy atom. The van der Waals surface area contributed by atoms with E-state index in [1.54, 1.807) is 0 Å². The number of aryl methyl sites for hydroxylation is 1. The van der Waals surface area contributed by atoms with E-state index in [-0.39, 0.29) is 0 Å². The lowest BCUT2D eigenvalue weighted by molar-refractivity contribution is 0.858. The maximum Gasteiger partial charge on any atom is 0.0691 e. The summed E-state index contributed by atoms with van der Waals surface area (Å²) in [7, 11) is 0. The Kier molecular flexibility index (Phi) is 2.88. The molecule has 0 saturated carbocycles. The molecule has 1 aromatic heterocycles. The molecule has 15 heavy (non-hydrogen) atoms. The van der Waals surface area contributed by atoms with E-state index in [1.807, 2.05) is 42.2 Å². The molecule has 0 amide bonds. The van der Waals surface area contributed by atoms with E-state index >= 15 is 0 Å². The molecule has 0 unspecified atom stereocenters. The summed E-state index contributed by atoms with van der Waals surface area (Å²) in [6.45, 7) is 2.53. The van der Waals surface area contributed by atoms with E-state index in [0.29, 0.717) is 6.54 Å². The largest absolute Gasteiger partial charge is 0.326 e. The second-order valence-electron chi connectivity index (χ2n) is 3.44. The summed E-state index contributed by atoms with van der Waals surface area (Å²) >= 11 is 3.43. The van der Waals surface area contributed by atoms with Gasteiger partial charge in [0.05, 0.1) is 11.9 Å². The molecule has 0 aliphatic carbocycles. The van der Waals surface area contributed by atoms with Gasteiger partial charge in [-0.2, -0.15) is 5.10 Å². The van der Waals surface area contributed by atoms with Crippen molar-refractivity contribution in [1.82, 2.24) is 9.78 Å². The van der Waals surface area contributed by atoms with Gasteiger partial charge in [-0.3, -0.25) is 0 Å². The minimum absolute atomic E-state index is 0.508. The van der Waals surface area contributed by atoms with Crippen molar-refractivity contribution in [1.29, 1.82) is 0 Å². The molecule has 0 atom stereocenters. The predicted molar refractivity (Wildman–Crippen MR) is 63.9 cm³/mol. The zero-order chi connectivity index (χ0) is 10.8. The Labute approximate surface area is 97.0 Å². The van der Waals surface area contributed by atoms with Crippen molar-refractivity contribution in [3.63, 3.8) is 0 Å². The molecule has 2 rings (SSSR count). The van der Waals surface area contributed by atoms with Crippen molar-refractivity contribution in [2.75, 3.05) is 0 Å². The minimum Gasteiger partial charge on any atom is -0.326 e. The second-order valence-corrected chi connectivity index (χ2v) is 4.36. The van der Waals surface area contributed by atoms with Crippen molar-refractivity contribution in [3.8, 4) is 5.69 Å². The molecule has 0 saturated heterocycles. The molecule has 1 heterocycles. The van der Waals surface area contributed by atoms with E-state index in [4.69, 9.17) is 5.73 Å². The van der Waals surface area contributed by atoms with Crippen molar-refractivity contribution < 1.29 is 0 Å². The molecule has 0 bridgehead atoms. The van der Waals surface area contributed by atoms with Crippen molar-refractivity contribution >= 4 is 15.9 Å². The molecule has 2 aromatic rings. The Balaban J connectivity index is 2.52. The Morgan fingerprint density at radius 1 is 1.47 bits per heavy atom. The van der Waals surface area contributed by atoms with Gasteiger partial charge in [0, 0.05) is 17.2 Å². The monoisotopic (exact) mass is 265 g/mol. The molecular weight excluding hydrogens is 254 g/mol. The fourth-order valence-electron chi connectivity index (χ4n) is 1.49. The first-order valence-corrected chi connectivity index (χ1v) is 5.50. The van der Waals surface area contributed by atoms with Crippen LogP contribution in [0.15, 0.2) is 35.1 Å². The first-order valence-electron chi connectivity index (χ1n) is 4.71. The lowest BCUT2D eigenvalue weighted by Gasteiger charge is -2.07. The number of halogens is 1. The molecule has 0 fully saturated rings. The molecule has 1 aromatic carbocycles. The number of benzene rings is 1. The average molecular weight is 266 g/mol. The molecular formula is C11H12BrN3. The van der Waals surface area contributed by atoms with Gasteiger partial charge < -0.3 is 5.73 Å². The van der Waals surface area contributed by atoms with E-state index in [2.05, 4.69) is 21.0 Å². The number of nitrogens with zero attached hydrogens (tertiary/aromatic N) is 2. The Morgan fingerprint density at radius 2 is 2.27 bits per heavy atom. The SMILES string of the molecule is Cc1cnn(-c2ccc(Br)cc2CN)c1. The van der Waals surface area contributed by atoms with Gasteiger partial charge in [0.25, 0.3) is 0 Å². The molecule has 0 aliphatic heterocycles. The van der Waals surface area contributed by atoms with Gasteiger partial charge in [0.1, 0.15) is 0 Å². The van der Waals surface area contributed by atoms with E-state index < -0.39 is 0 Å². The first-order chi connectivity index (χ1) is 7.20. The van der Waals surface area contributed by atoms with Crippen molar-refractivity contribution in [3.05, 3.63) is 46.2 Å². The smallest absolute Gasteiger partial charge is 0.0691 e. The van der Waals surface area contributed by atoms with Gasteiger partial charge in [0.2, 0.25) is 0 Å². The standard InChI is InChI=1S/C11H12BrN3/c1-8-6-14-15(7-8)11-3-2-10(12)4-9(11)5-13/h2-4,6-7H,5,13H2,1H3. The van der Waals surface area contributed by atoms with E-state index in [1.165, 1.54) is 0 Å². The third-order valence-corrected chi connectivity index (χ3v) is 2.71. The van der Waals surface area contributed by atoms with Crippen LogP contribution in [-0.4, -0.2) is 9.78 Å². The molecule has 0 spiro atoms. The summed E-state index contributed by atoms with van der Waals surface area (Å²) in [5.41, 5.74) is 8.95. The van der Waals surface area contributed by atoms with Crippen LogP contribution in [0, 0.1) is 6.92 Å². The lowest BCUT2D eigenvalue weighted by Crippen LogP contribution is -2.04. The third kappa shape index (κ3) is 2.11. The summed E-state index contributed by atoms with van der Waals surface area (Å²) in [5, 5.41) is 4.27. The van der Waals surface area contributed by atoms with Crippen LogP contribution in [0.5, 0.6) is 0 Å². The second kappa shape index (κ2) is 4.16. The summed E-state index contributed by atoms with van der Waals surface area (Å²) < 4.78 is 2.89. The van der Waals surface area contributed by atoms with Crippen LogP contribution in [0.3, 0.4) is 0 Å². The van der Waals surface area contributed by atoms with Crippen molar-refractivity contribution in [2.24, 2.45) is 5.73 Å². The molecule has 4 heteroatoms. The summed E-state index contributed by atoms with van der Waals surface area (Å²) in [6.07, 6.45) is 3.82. The minimum atomic E-state index is 0.508. The highest BCUT2D eigenvalue weighted by Crippen LogP contribution is 2.19. The Bertz CT molecular complexity index is 476. The molecule has 0 aliphatic rings. The van der Waals surface area contributed by atoms with Gasteiger partial charge in [-0.1, -0.05) is 15.9 Å². The third-order valence-electron chi connectivity index (χ3n) is 2.22. The number of aromatic nitrogens is 2. The molecule has 78 valence electrons. The van der Waals surface area contributed by atoms with Gasteiger partial charge in [0.15, 0.2) is 0 Å². The lowest BCUT2D eigenvalue weighted by atomic mass is 10.2. The normalized spacial score (nSPS) is 10.6. The average Bonchev–Trinajstić information content (AvgIpc) is 2.64. The first kappa shape index (κ1) is 10.4. The zero-order valence-electron chi connectivity index (χ0n) is 8.44. The molecule has 2 N–H and O–H groups in total. The highest BCUT2D eigenvalue weighted by Gasteiger charge is 2.04. The molecule has 3 nitrogen and oxygen atoms in total. The van der Waals surface area contributed by atoms with Gasteiger partial charge >= 0.3 is 0 Å². The van der Waals surface area contributed by atoms with Crippen LogP contribution in [0.4, 0.5) is 0 Å². The van der Waals surface area contributed by atoms with Crippen LogP contribution in [0.1, 0.15) is 11.1 Å². The van der Waals surface area contributed by atoms with Crippen LogP contribution in [-0.2, 0) is 6.54 Å². The summed E-state index contributed by atoms with van der Waals surface area (Å²) in [6, 6.07) is 6.02. The van der Waals surface area contributed by atoms with Crippen LogP contribution >= 0.6 is 15.9 Å².